The number of nitrogens with zero attached hydrogens (tertiary/aromatic N) is 4. The molecule has 0 saturated carbocycles. The fourth-order valence-corrected chi connectivity index (χ4v) is 1.66. The van der Waals surface area contributed by atoms with Crippen molar-refractivity contribution in [2.24, 2.45) is 7.05 Å². The molecular weight excluding hydrogens is 232 g/mol. The van der Waals surface area contributed by atoms with E-state index in [4.69, 9.17) is 5.11 Å². The van der Waals surface area contributed by atoms with E-state index in [0.717, 1.165) is 5.56 Å². The number of aromatic carboxylic acids is 1. The largest absolute Gasteiger partial charge is 0.477 e. The van der Waals surface area contributed by atoms with Crippen LogP contribution in [-0.2, 0) is 13.6 Å². The van der Waals surface area contributed by atoms with Gasteiger partial charge in [-0.15, -0.1) is 0 Å². The molecule has 0 aliphatic carbocycles. The molecule has 2 heterocycles. The van der Waals surface area contributed by atoms with Crippen LogP contribution in [0.25, 0.3) is 0 Å². The molecule has 0 fully saturated rings. The molecule has 0 atom stereocenters. The third kappa shape index (κ3) is 2.65. The van der Waals surface area contributed by atoms with Gasteiger partial charge < -0.3 is 10.0 Å². The lowest BCUT2D eigenvalue weighted by Crippen LogP contribution is -2.18. The summed E-state index contributed by atoms with van der Waals surface area (Å²) in [6.07, 6.45) is 3.69. The second-order valence-corrected chi connectivity index (χ2v) is 4.06. The second-order valence-electron chi connectivity index (χ2n) is 4.06. The maximum atomic E-state index is 10.8. The first-order chi connectivity index (χ1) is 8.56. The Morgan fingerprint density at radius 3 is 2.89 bits per heavy atom. The number of hydrogen-bond acceptors (Lipinski definition) is 4. The summed E-state index contributed by atoms with van der Waals surface area (Å²) < 4.78 is 1.73. The van der Waals surface area contributed by atoms with Crippen molar-refractivity contribution in [1.82, 2.24) is 14.8 Å². The number of carbonyl (C=O) groups is 1. The van der Waals surface area contributed by atoms with Gasteiger partial charge in [-0.3, -0.25) is 4.68 Å². The van der Waals surface area contributed by atoms with E-state index in [2.05, 4.69) is 10.1 Å². The lowest BCUT2D eigenvalue weighted by Gasteiger charge is -2.17. The van der Waals surface area contributed by atoms with Crippen LogP contribution in [-0.4, -0.2) is 32.9 Å². The van der Waals surface area contributed by atoms with Gasteiger partial charge in [0.2, 0.25) is 0 Å². The van der Waals surface area contributed by atoms with Crippen LogP contribution in [0, 0.1) is 0 Å². The Balaban J connectivity index is 2.15. The van der Waals surface area contributed by atoms with Crippen molar-refractivity contribution in [1.29, 1.82) is 0 Å². The van der Waals surface area contributed by atoms with Gasteiger partial charge in [0.1, 0.15) is 5.82 Å². The van der Waals surface area contributed by atoms with Crippen LogP contribution in [0.2, 0.25) is 0 Å². The van der Waals surface area contributed by atoms with Crippen molar-refractivity contribution < 1.29 is 9.90 Å². The van der Waals surface area contributed by atoms with Crippen molar-refractivity contribution >= 4 is 11.8 Å². The van der Waals surface area contributed by atoms with E-state index < -0.39 is 5.97 Å². The van der Waals surface area contributed by atoms with Crippen LogP contribution in [0.1, 0.15) is 16.1 Å². The average Bonchev–Trinajstić information content (AvgIpc) is 2.75. The molecule has 2 rings (SSSR count). The number of aromatic nitrogens is 3. The van der Waals surface area contributed by atoms with E-state index >= 15 is 0 Å². The minimum atomic E-state index is -1.02. The predicted octanol–water partition coefficient (Wildman–Crippen LogP) is 1.15. The Morgan fingerprint density at radius 1 is 1.50 bits per heavy atom. The zero-order chi connectivity index (χ0) is 13.1. The van der Waals surface area contributed by atoms with Gasteiger partial charge in [0.15, 0.2) is 5.69 Å². The molecule has 6 heteroatoms. The topological polar surface area (TPSA) is 71.2 Å². The number of carboxylic acids is 1. The van der Waals surface area contributed by atoms with Crippen LogP contribution < -0.4 is 4.90 Å². The molecule has 1 N–H and O–H groups in total. The molecule has 2 aromatic rings. The van der Waals surface area contributed by atoms with E-state index in [1.807, 2.05) is 25.2 Å². The molecule has 0 spiro atoms. The first-order valence-corrected chi connectivity index (χ1v) is 5.45. The number of pyridine rings is 1. The minimum absolute atomic E-state index is 0.0468. The SMILES string of the molecule is CN(Cc1cnn(C)c1)c1cccc(C(=O)O)n1. The Bertz CT molecular complexity index is 565. The van der Waals surface area contributed by atoms with Crippen LogP contribution in [0.15, 0.2) is 30.6 Å². The Hall–Kier alpha value is -2.37. The van der Waals surface area contributed by atoms with Gasteiger partial charge >= 0.3 is 5.97 Å². The lowest BCUT2D eigenvalue weighted by atomic mass is 10.3. The van der Waals surface area contributed by atoms with Gasteiger partial charge in [0.25, 0.3) is 0 Å². The first kappa shape index (κ1) is 12.1. The predicted molar refractivity (Wildman–Crippen MR) is 66.5 cm³/mol. The summed E-state index contributed by atoms with van der Waals surface area (Å²) in [5.74, 6) is -0.398. The molecule has 94 valence electrons. The van der Waals surface area contributed by atoms with Gasteiger partial charge in [-0.1, -0.05) is 6.07 Å². The number of anilines is 1. The standard InChI is InChI=1S/C12H14N4O2/c1-15(7-9-6-13-16(2)8-9)11-5-3-4-10(14-11)12(17)18/h3-6,8H,7H2,1-2H3,(H,17,18). The summed E-state index contributed by atoms with van der Waals surface area (Å²) in [5.41, 5.74) is 1.09. The molecule has 0 amide bonds. The quantitative estimate of drug-likeness (QED) is 0.876. The van der Waals surface area contributed by atoms with Gasteiger partial charge in [-0.25, -0.2) is 9.78 Å². The van der Waals surface area contributed by atoms with Crippen LogP contribution in [0.3, 0.4) is 0 Å². The van der Waals surface area contributed by atoms with E-state index in [1.165, 1.54) is 6.07 Å². The molecular formula is C12H14N4O2. The second kappa shape index (κ2) is 4.87. The highest BCUT2D eigenvalue weighted by Gasteiger charge is 2.09. The smallest absolute Gasteiger partial charge is 0.354 e. The Morgan fingerprint density at radius 2 is 2.28 bits per heavy atom. The van der Waals surface area contributed by atoms with E-state index in [1.54, 1.807) is 23.0 Å². The van der Waals surface area contributed by atoms with E-state index in [-0.39, 0.29) is 5.69 Å². The zero-order valence-corrected chi connectivity index (χ0v) is 10.2. The lowest BCUT2D eigenvalue weighted by molar-refractivity contribution is 0.0690. The van der Waals surface area contributed by atoms with Crippen LogP contribution >= 0.6 is 0 Å². The summed E-state index contributed by atoms with van der Waals surface area (Å²) in [7, 11) is 3.72. The number of carboxylic acid groups (broad SMARTS) is 1. The van der Waals surface area contributed by atoms with Crippen molar-refractivity contribution in [3.05, 3.63) is 41.9 Å². The maximum Gasteiger partial charge on any atom is 0.354 e. The molecule has 0 bridgehead atoms. The highest BCUT2D eigenvalue weighted by molar-refractivity contribution is 5.85. The monoisotopic (exact) mass is 246 g/mol. The first-order valence-electron chi connectivity index (χ1n) is 5.45. The molecule has 0 saturated heterocycles. The summed E-state index contributed by atoms with van der Waals surface area (Å²) in [4.78, 5) is 16.8. The molecule has 2 aromatic heterocycles. The minimum Gasteiger partial charge on any atom is -0.477 e. The number of rotatable bonds is 4. The van der Waals surface area contributed by atoms with Crippen molar-refractivity contribution in [3.8, 4) is 0 Å². The number of hydrogen-bond donors (Lipinski definition) is 1. The Kier molecular flexibility index (Phi) is 3.27. The normalized spacial score (nSPS) is 10.3. The highest BCUT2D eigenvalue weighted by Crippen LogP contribution is 2.13. The fraction of sp³-hybridized carbons (Fsp3) is 0.250. The van der Waals surface area contributed by atoms with Gasteiger partial charge in [-0.05, 0) is 12.1 Å². The van der Waals surface area contributed by atoms with Gasteiger partial charge in [0.05, 0.1) is 6.20 Å². The van der Waals surface area contributed by atoms with E-state index in [9.17, 15) is 4.79 Å². The summed E-state index contributed by atoms with van der Waals surface area (Å²) >= 11 is 0. The fourth-order valence-electron chi connectivity index (χ4n) is 1.66. The zero-order valence-electron chi connectivity index (χ0n) is 10.2. The average molecular weight is 246 g/mol. The third-order valence-corrected chi connectivity index (χ3v) is 2.52. The molecule has 0 unspecified atom stereocenters. The third-order valence-electron chi connectivity index (χ3n) is 2.52. The van der Waals surface area contributed by atoms with Crippen molar-refractivity contribution in [2.75, 3.05) is 11.9 Å². The number of aryl methyl sites for hydroxylation is 1. The van der Waals surface area contributed by atoms with Gasteiger partial charge in [0, 0.05) is 32.4 Å². The Labute approximate surface area is 104 Å². The molecule has 6 nitrogen and oxygen atoms in total. The van der Waals surface area contributed by atoms with Crippen molar-refractivity contribution in [2.45, 2.75) is 6.54 Å². The molecule has 18 heavy (non-hydrogen) atoms. The van der Waals surface area contributed by atoms with Crippen LogP contribution in [0.4, 0.5) is 5.82 Å². The summed E-state index contributed by atoms with van der Waals surface area (Å²) in [5, 5.41) is 13.0. The van der Waals surface area contributed by atoms with Gasteiger partial charge in [-0.2, -0.15) is 5.10 Å². The molecule has 0 aromatic carbocycles. The summed E-state index contributed by atoms with van der Waals surface area (Å²) in [6, 6.07) is 4.94. The molecule has 0 aliphatic rings. The van der Waals surface area contributed by atoms with Crippen molar-refractivity contribution in [3.63, 3.8) is 0 Å². The maximum absolute atomic E-state index is 10.8. The molecule has 0 aliphatic heterocycles. The van der Waals surface area contributed by atoms with Crippen LogP contribution in [0.5, 0.6) is 0 Å². The highest BCUT2D eigenvalue weighted by atomic mass is 16.4. The summed E-state index contributed by atoms with van der Waals surface area (Å²) in [6.45, 7) is 0.629. The van der Waals surface area contributed by atoms with E-state index in [0.29, 0.717) is 12.4 Å². The molecule has 0 radical (unpaired) electrons.